The molecule has 21 heavy (non-hydrogen) atoms. The summed E-state index contributed by atoms with van der Waals surface area (Å²) in [4.78, 5) is 29.4. The highest BCUT2D eigenvalue weighted by molar-refractivity contribution is 5.78. The van der Waals surface area contributed by atoms with E-state index in [1.165, 1.54) is 0 Å². The van der Waals surface area contributed by atoms with E-state index in [-0.39, 0.29) is 24.0 Å². The fourth-order valence-electron chi connectivity index (χ4n) is 2.08. The first-order chi connectivity index (χ1) is 9.69. The van der Waals surface area contributed by atoms with E-state index in [0.717, 1.165) is 26.1 Å². The Kier molecular flexibility index (Phi) is 6.61. The summed E-state index contributed by atoms with van der Waals surface area (Å²) in [6, 6.07) is 0. The summed E-state index contributed by atoms with van der Waals surface area (Å²) in [6.45, 7) is 9.36. The van der Waals surface area contributed by atoms with E-state index < -0.39 is 0 Å². The molecule has 1 heterocycles. The van der Waals surface area contributed by atoms with Crippen LogP contribution in [0.3, 0.4) is 0 Å². The summed E-state index contributed by atoms with van der Waals surface area (Å²) in [5, 5.41) is 0. The first kappa shape index (κ1) is 17.9. The molecule has 6 heteroatoms. The number of carbonyl (C=O) groups is 2. The van der Waals surface area contributed by atoms with Crippen LogP contribution in [0.2, 0.25) is 0 Å². The van der Waals surface area contributed by atoms with Gasteiger partial charge in [-0.1, -0.05) is 0 Å². The minimum atomic E-state index is -0.300. The van der Waals surface area contributed by atoms with Crippen molar-refractivity contribution in [3.63, 3.8) is 0 Å². The van der Waals surface area contributed by atoms with Gasteiger partial charge in [0.25, 0.3) is 0 Å². The van der Waals surface area contributed by atoms with E-state index in [1.807, 2.05) is 25.7 Å². The first-order valence-corrected chi connectivity index (χ1v) is 7.53. The van der Waals surface area contributed by atoms with Crippen molar-refractivity contribution in [3.8, 4) is 0 Å². The Morgan fingerprint density at radius 2 is 1.76 bits per heavy atom. The lowest BCUT2D eigenvalue weighted by atomic mass is 10.2. The van der Waals surface area contributed by atoms with E-state index in [4.69, 9.17) is 4.74 Å². The third-order valence-electron chi connectivity index (χ3n) is 3.43. The van der Waals surface area contributed by atoms with Crippen molar-refractivity contribution in [1.82, 2.24) is 14.7 Å². The molecule has 122 valence electrons. The molecule has 1 saturated heterocycles. The maximum atomic E-state index is 12.1. The number of ether oxygens (including phenoxy) is 1. The highest BCUT2D eigenvalue weighted by Crippen LogP contribution is 2.09. The van der Waals surface area contributed by atoms with E-state index >= 15 is 0 Å². The van der Waals surface area contributed by atoms with Crippen LogP contribution in [0.4, 0.5) is 0 Å². The summed E-state index contributed by atoms with van der Waals surface area (Å²) in [6.07, 6.45) is 0.891. The normalized spacial score (nSPS) is 17.5. The van der Waals surface area contributed by atoms with E-state index in [0.29, 0.717) is 13.1 Å². The number of carbonyl (C=O) groups excluding carboxylic acids is 2. The predicted octanol–water partition coefficient (Wildman–Crippen LogP) is 0.424. The Balaban J connectivity index is 2.41. The van der Waals surface area contributed by atoms with Crippen LogP contribution in [0.5, 0.6) is 0 Å². The van der Waals surface area contributed by atoms with Crippen molar-refractivity contribution in [2.75, 3.05) is 53.4 Å². The van der Waals surface area contributed by atoms with Crippen molar-refractivity contribution < 1.29 is 14.3 Å². The predicted molar refractivity (Wildman–Crippen MR) is 82.0 cm³/mol. The van der Waals surface area contributed by atoms with Gasteiger partial charge in [-0.2, -0.15) is 0 Å². The molecule has 0 aromatic rings. The molecule has 0 aromatic carbocycles. The third kappa shape index (κ3) is 6.91. The van der Waals surface area contributed by atoms with Crippen LogP contribution < -0.4 is 0 Å². The number of hydrogen-bond acceptors (Lipinski definition) is 4. The molecule has 0 aliphatic carbocycles. The second-order valence-corrected chi connectivity index (χ2v) is 6.70. The molecule has 0 bridgehead atoms. The SMILES string of the molecule is CN(C)C(=O)CN1CCCN(C(=O)COC(C)(C)C)CC1. The Labute approximate surface area is 128 Å². The van der Waals surface area contributed by atoms with Gasteiger partial charge in [0, 0.05) is 40.3 Å². The highest BCUT2D eigenvalue weighted by atomic mass is 16.5. The Hall–Kier alpha value is -1.14. The summed E-state index contributed by atoms with van der Waals surface area (Å²) in [7, 11) is 3.53. The topological polar surface area (TPSA) is 53.1 Å². The molecule has 0 aromatic heterocycles. The third-order valence-corrected chi connectivity index (χ3v) is 3.43. The van der Waals surface area contributed by atoms with Crippen LogP contribution in [-0.4, -0.2) is 85.5 Å². The molecule has 0 atom stereocenters. The fourth-order valence-corrected chi connectivity index (χ4v) is 2.08. The maximum Gasteiger partial charge on any atom is 0.248 e. The van der Waals surface area contributed by atoms with Crippen molar-refractivity contribution >= 4 is 11.8 Å². The van der Waals surface area contributed by atoms with Crippen LogP contribution in [-0.2, 0) is 14.3 Å². The van der Waals surface area contributed by atoms with Crippen LogP contribution >= 0.6 is 0 Å². The van der Waals surface area contributed by atoms with Gasteiger partial charge in [-0.05, 0) is 27.2 Å². The highest BCUT2D eigenvalue weighted by Gasteiger charge is 2.22. The average molecular weight is 299 g/mol. The average Bonchev–Trinajstić information content (AvgIpc) is 2.60. The zero-order chi connectivity index (χ0) is 16.0. The van der Waals surface area contributed by atoms with Gasteiger partial charge >= 0.3 is 0 Å². The molecule has 0 unspecified atom stereocenters. The van der Waals surface area contributed by atoms with Crippen molar-refractivity contribution in [2.45, 2.75) is 32.8 Å². The molecule has 0 saturated carbocycles. The maximum absolute atomic E-state index is 12.1. The number of likely N-dealkylation sites (N-methyl/N-ethyl adjacent to an activating group) is 1. The van der Waals surface area contributed by atoms with E-state index in [9.17, 15) is 9.59 Å². The molecule has 1 rings (SSSR count). The lowest BCUT2D eigenvalue weighted by Gasteiger charge is -2.25. The minimum Gasteiger partial charge on any atom is -0.366 e. The molecule has 0 radical (unpaired) electrons. The quantitative estimate of drug-likeness (QED) is 0.755. The van der Waals surface area contributed by atoms with Crippen LogP contribution in [0.1, 0.15) is 27.2 Å². The van der Waals surface area contributed by atoms with Gasteiger partial charge in [-0.15, -0.1) is 0 Å². The lowest BCUT2D eigenvalue weighted by Crippen LogP contribution is -2.41. The zero-order valence-corrected chi connectivity index (χ0v) is 14.0. The Morgan fingerprint density at radius 3 is 2.33 bits per heavy atom. The van der Waals surface area contributed by atoms with Crippen molar-refractivity contribution in [2.24, 2.45) is 0 Å². The number of nitrogens with zero attached hydrogens (tertiary/aromatic N) is 3. The smallest absolute Gasteiger partial charge is 0.248 e. The van der Waals surface area contributed by atoms with Crippen molar-refractivity contribution in [1.29, 1.82) is 0 Å². The monoisotopic (exact) mass is 299 g/mol. The molecule has 0 spiro atoms. The number of hydrogen-bond donors (Lipinski definition) is 0. The van der Waals surface area contributed by atoms with Crippen LogP contribution in [0.25, 0.3) is 0 Å². The number of amides is 2. The van der Waals surface area contributed by atoms with Gasteiger partial charge in [-0.3, -0.25) is 14.5 Å². The van der Waals surface area contributed by atoms with E-state index in [2.05, 4.69) is 4.90 Å². The lowest BCUT2D eigenvalue weighted by molar-refractivity contribution is -0.140. The summed E-state index contributed by atoms with van der Waals surface area (Å²) in [5.74, 6) is 0.136. The molecule has 6 nitrogen and oxygen atoms in total. The summed E-state index contributed by atoms with van der Waals surface area (Å²) >= 11 is 0. The molecular weight excluding hydrogens is 270 g/mol. The standard InChI is InChI=1S/C15H29N3O3/c1-15(2,3)21-12-14(20)18-8-6-7-17(9-10-18)11-13(19)16(4)5/h6-12H2,1-5H3. The summed E-state index contributed by atoms with van der Waals surface area (Å²) in [5.41, 5.74) is -0.300. The van der Waals surface area contributed by atoms with Crippen LogP contribution in [0, 0.1) is 0 Å². The zero-order valence-electron chi connectivity index (χ0n) is 14.0. The number of rotatable bonds is 4. The molecular formula is C15H29N3O3. The van der Waals surface area contributed by atoms with Gasteiger partial charge in [-0.25, -0.2) is 0 Å². The molecule has 1 aliphatic heterocycles. The largest absolute Gasteiger partial charge is 0.366 e. The first-order valence-electron chi connectivity index (χ1n) is 7.53. The molecule has 1 aliphatic rings. The molecule has 2 amide bonds. The summed E-state index contributed by atoms with van der Waals surface area (Å²) < 4.78 is 5.54. The Morgan fingerprint density at radius 1 is 1.10 bits per heavy atom. The van der Waals surface area contributed by atoms with Gasteiger partial charge < -0.3 is 14.5 Å². The molecule has 1 fully saturated rings. The second kappa shape index (κ2) is 7.75. The minimum absolute atomic E-state index is 0.0331. The van der Waals surface area contributed by atoms with Gasteiger partial charge in [0.05, 0.1) is 12.1 Å². The fraction of sp³-hybridized carbons (Fsp3) is 0.867. The Bertz CT molecular complexity index is 364. The van der Waals surface area contributed by atoms with Gasteiger partial charge in [0.2, 0.25) is 11.8 Å². The molecule has 0 N–H and O–H groups in total. The van der Waals surface area contributed by atoms with E-state index in [1.54, 1.807) is 19.0 Å². The van der Waals surface area contributed by atoms with Crippen molar-refractivity contribution in [3.05, 3.63) is 0 Å². The van der Waals surface area contributed by atoms with Gasteiger partial charge in [0.15, 0.2) is 0 Å². The van der Waals surface area contributed by atoms with Gasteiger partial charge in [0.1, 0.15) is 6.61 Å². The second-order valence-electron chi connectivity index (χ2n) is 6.70. The van der Waals surface area contributed by atoms with Crippen LogP contribution in [0.15, 0.2) is 0 Å².